The molecule has 0 unspecified atom stereocenters. The number of pyridine rings is 1. The minimum atomic E-state index is -0.579. The summed E-state index contributed by atoms with van der Waals surface area (Å²) < 4.78 is 18.0. The fourth-order valence-electron chi connectivity index (χ4n) is 1.64. The van der Waals surface area contributed by atoms with Gasteiger partial charge in [0.2, 0.25) is 0 Å². The Hall–Kier alpha value is -1.88. The third-order valence-electron chi connectivity index (χ3n) is 2.42. The molecule has 0 atom stereocenters. The van der Waals surface area contributed by atoms with Crippen LogP contribution in [0.4, 0.5) is 10.1 Å². The van der Waals surface area contributed by atoms with Gasteiger partial charge in [-0.05, 0) is 13.0 Å². The maximum atomic E-state index is 13.2. The molecule has 1 aromatic carbocycles. The van der Waals surface area contributed by atoms with Crippen LogP contribution in [-0.2, 0) is 4.74 Å². The molecule has 0 fully saturated rings. The Morgan fingerprint density at radius 1 is 1.56 bits per heavy atom. The number of esters is 1. The molecule has 2 aromatic rings. The number of rotatable bonds is 2. The van der Waals surface area contributed by atoms with Crippen LogP contribution in [0.3, 0.4) is 0 Å². The molecule has 1 aromatic heterocycles. The maximum Gasteiger partial charge on any atom is 0.341 e. The number of aromatic nitrogens is 1. The van der Waals surface area contributed by atoms with E-state index in [1.807, 2.05) is 0 Å². The predicted molar refractivity (Wildman–Crippen MR) is 67.1 cm³/mol. The van der Waals surface area contributed by atoms with E-state index < -0.39 is 11.8 Å². The van der Waals surface area contributed by atoms with Gasteiger partial charge in [-0.1, -0.05) is 11.6 Å². The minimum Gasteiger partial charge on any atom is -0.462 e. The fraction of sp³-hybridized carbons (Fsp3) is 0.167. The van der Waals surface area contributed by atoms with E-state index in [9.17, 15) is 9.18 Å². The Balaban J connectivity index is 2.67. The van der Waals surface area contributed by atoms with Crippen molar-refractivity contribution in [2.24, 2.45) is 0 Å². The van der Waals surface area contributed by atoms with Crippen molar-refractivity contribution >= 4 is 34.2 Å². The molecule has 2 rings (SSSR count). The van der Waals surface area contributed by atoms with Crippen LogP contribution in [0.2, 0.25) is 5.02 Å². The number of anilines is 1. The molecule has 0 radical (unpaired) electrons. The molecule has 0 amide bonds. The van der Waals surface area contributed by atoms with Crippen molar-refractivity contribution in [1.82, 2.24) is 4.98 Å². The van der Waals surface area contributed by atoms with Crippen molar-refractivity contribution in [3.63, 3.8) is 0 Å². The molecule has 0 aliphatic rings. The fourth-order valence-corrected chi connectivity index (χ4v) is 1.94. The zero-order chi connectivity index (χ0) is 13.3. The molecule has 0 aliphatic carbocycles. The monoisotopic (exact) mass is 268 g/mol. The van der Waals surface area contributed by atoms with Crippen LogP contribution >= 0.6 is 11.6 Å². The van der Waals surface area contributed by atoms with Gasteiger partial charge in [0.25, 0.3) is 0 Å². The number of nitrogens with zero attached hydrogens (tertiary/aromatic N) is 1. The Labute approximate surface area is 108 Å². The minimum absolute atomic E-state index is 0.112. The highest BCUT2D eigenvalue weighted by atomic mass is 35.5. The van der Waals surface area contributed by atoms with Crippen LogP contribution in [0, 0.1) is 5.82 Å². The molecule has 1 heterocycles. The lowest BCUT2D eigenvalue weighted by Crippen LogP contribution is -2.09. The number of halogens is 2. The second-order valence-electron chi connectivity index (χ2n) is 3.59. The van der Waals surface area contributed by atoms with Crippen molar-refractivity contribution in [3.05, 3.63) is 34.7 Å². The molecular weight excluding hydrogens is 259 g/mol. The van der Waals surface area contributed by atoms with Gasteiger partial charge in [0.15, 0.2) is 0 Å². The first-order chi connectivity index (χ1) is 8.54. The van der Waals surface area contributed by atoms with Crippen LogP contribution < -0.4 is 5.73 Å². The highest BCUT2D eigenvalue weighted by Gasteiger charge is 2.16. The van der Waals surface area contributed by atoms with E-state index in [1.54, 1.807) is 6.92 Å². The Morgan fingerprint density at radius 2 is 2.28 bits per heavy atom. The Morgan fingerprint density at radius 3 is 2.94 bits per heavy atom. The van der Waals surface area contributed by atoms with Crippen LogP contribution in [0.1, 0.15) is 17.3 Å². The van der Waals surface area contributed by atoms with E-state index in [1.165, 1.54) is 12.3 Å². The number of fused-ring (bicyclic) bond motifs is 1. The van der Waals surface area contributed by atoms with Crippen molar-refractivity contribution in [2.75, 3.05) is 12.3 Å². The molecular formula is C12H10ClFN2O2. The van der Waals surface area contributed by atoms with Gasteiger partial charge in [-0.3, -0.25) is 4.98 Å². The van der Waals surface area contributed by atoms with Crippen LogP contribution in [-0.4, -0.2) is 17.6 Å². The van der Waals surface area contributed by atoms with Gasteiger partial charge in [0, 0.05) is 17.6 Å². The number of hydrogen-bond donors (Lipinski definition) is 1. The average Bonchev–Trinajstić information content (AvgIpc) is 2.28. The topological polar surface area (TPSA) is 65.2 Å². The molecule has 0 aliphatic heterocycles. The largest absolute Gasteiger partial charge is 0.462 e. The van der Waals surface area contributed by atoms with E-state index in [-0.39, 0.29) is 22.9 Å². The molecule has 4 nitrogen and oxygen atoms in total. The summed E-state index contributed by atoms with van der Waals surface area (Å²) >= 11 is 5.91. The molecule has 18 heavy (non-hydrogen) atoms. The number of nitrogen functional groups attached to an aromatic ring is 1. The summed E-state index contributed by atoms with van der Waals surface area (Å²) in [5, 5.41) is 0.463. The third-order valence-corrected chi connectivity index (χ3v) is 2.72. The molecule has 2 N–H and O–H groups in total. The molecule has 0 saturated heterocycles. The summed E-state index contributed by atoms with van der Waals surface area (Å²) in [7, 11) is 0. The first kappa shape index (κ1) is 12.6. The lowest BCUT2D eigenvalue weighted by Gasteiger charge is -2.09. The van der Waals surface area contributed by atoms with Crippen LogP contribution in [0.5, 0.6) is 0 Å². The average molecular weight is 269 g/mol. The summed E-state index contributed by atoms with van der Waals surface area (Å²) in [5.41, 5.74) is 6.42. The van der Waals surface area contributed by atoms with Gasteiger partial charge in [-0.15, -0.1) is 0 Å². The maximum absolute atomic E-state index is 13.2. The summed E-state index contributed by atoms with van der Waals surface area (Å²) in [4.78, 5) is 15.6. The SMILES string of the molecule is CCOC(=O)c1cnc2cc(F)cc(Cl)c2c1N. The van der Waals surface area contributed by atoms with Gasteiger partial charge in [0.1, 0.15) is 11.4 Å². The lowest BCUT2D eigenvalue weighted by atomic mass is 10.1. The van der Waals surface area contributed by atoms with Gasteiger partial charge >= 0.3 is 5.97 Å². The van der Waals surface area contributed by atoms with Crippen molar-refractivity contribution in [3.8, 4) is 0 Å². The number of benzene rings is 1. The van der Waals surface area contributed by atoms with E-state index >= 15 is 0 Å². The number of ether oxygens (including phenoxy) is 1. The zero-order valence-electron chi connectivity index (χ0n) is 9.54. The number of hydrogen-bond acceptors (Lipinski definition) is 4. The van der Waals surface area contributed by atoms with Crippen LogP contribution in [0.25, 0.3) is 10.9 Å². The number of carbonyl (C=O) groups excluding carboxylic acids is 1. The summed E-state index contributed by atoms with van der Waals surface area (Å²) in [5.74, 6) is -1.09. The highest BCUT2D eigenvalue weighted by Crippen LogP contribution is 2.31. The van der Waals surface area contributed by atoms with E-state index in [2.05, 4.69) is 4.98 Å². The molecule has 94 valence electrons. The first-order valence-corrected chi connectivity index (χ1v) is 5.62. The van der Waals surface area contributed by atoms with Gasteiger partial charge in [-0.2, -0.15) is 0 Å². The number of nitrogens with two attached hydrogens (primary N) is 1. The van der Waals surface area contributed by atoms with E-state index in [0.717, 1.165) is 6.07 Å². The van der Waals surface area contributed by atoms with Crippen molar-refractivity contribution < 1.29 is 13.9 Å². The summed E-state index contributed by atoms with van der Waals surface area (Å²) in [6.07, 6.45) is 1.26. The summed E-state index contributed by atoms with van der Waals surface area (Å²) in [6, 6.07) is 2.32. The van der Waals surface area contributed by atoms with Crippen LogP contribution in [0.15, 0.2) is 18.3 Å². The summed E-state index contributed by atoms with van der Waals surface area (Å²) in [6.45, 7) is 1.92. The van der Waals surface area contributed by atoms with Crippen molar-refractivity contribution in [1.29, 1.82) is 0 Å². The van der Waals surface area contributed by atoms with E-state index in [4.69, 9.17) is 22.1 Å². The third kappa shape index (κ3) is 2.09. The lowest BCUT2D eigenvalue weighted by molar-refractivity contribution is 0.0527. The normalized spacial score (nSPS) is 10.6. The Kier molecular flexibility index (Phi) is 3.34. The second-order valence-corrected chi connectivity index (χ2v) is 3.99. The van der Waals surface area contributed by atoms with Gasteiger partial charge in [-0.25, -0.2) is 9.18 Å². The molecule has 6 heteroatoms. The molecule has 0 spiro atoms. The first-order valence-electron chi connectivity index (χ1n) is 5.25. The smallest absolute Gasteiger partial charge is 0.341 e. The van der Waals surface area contributed by atoms with Gasteiger partial charge in [0.05, 0.1) is 22.8 Å². The zero-order valence-corrected chi connectivity index (χ0v) is 10.3. The molecule has 0 saturated carbocycles. The standard InChI is InChI=1S/C12H10ClFN2O2/c1-2-18-12(17)7-5-16-9-4-6(14)3-8(13)10(9)11(7)15/h3-5H,2H2,1H3,(H2,15,16). The van der Waals surface area contributed by atoms with Gasteiger partial charge < -0.3 is 10.5 Å². The highest BCUT2D eigenvalue weighted by molar-refractivity contribution is 6.36. The second kappa shape index (κ2) is 4.78. The number of carbonyl (C=O) groups is 1. The molecule has 0 bridgehead atoms. The van der Waals surface area contributed by atoms with E-state index in [0.29, 0.717) is 10.9 Å². The Bertz CT molecular complexity index is 631. The quantitative estimate of drug-likeness (QED) is 0.851. The van der Waals surface area contributed by atoms with Crippen molar-refractivity contribution in [2.45, 2.75) is 6.92 Å². The predicted octanol–water partition coefficient (Wildman–Crippen LogP) is 2.79.